The largest absolute Gasteiger partial charge is 0.469 e. The van der Waals surface area contributed by atoms with Gasteiger partial charge in [-0.15, -0.1) is 5.92 Å². The van der Waals surface area contributed by atoms with Crippen molar-refractivity contribution in [2.24, 2.45) is 41.1 Å². The van der Waals surface area contributed by atoms with Crippen LogP contribution in [0.4, 0.5) is 21.0 Å². The molecule has 0 fully saturated rings. The van der Waals surface area contributed by atoms with Crippen LogP contribution in [0.1, 0.15) is 161 Å². The Kier molecular flexibility index (Phi) is 48.1. The second-order valence-electron chi connectivity index (χ2n) is 27.5. The van der Waals surface area contributed by atoms with Crippen LogP contribution in [-0.2, 0) is 104 Å². The number of primary amides is 2. The molecule has 0 spiro atoms. The molecule has 8 atom stereocenters. The van der Waals surface area contributed by atoms with Crippen molar-refractivity contribution in [3.05, 3.63) is 59.7 Å². The number of benzene rings is 2. The molecule has 0 aliphatic heterocycles. The minimum absolute atomic E-state index is 0.0418. The number of methoxy groups -OCH3 is 2. The number of hydrogen-bond acceptors (Lipinski definition) is 23. The Labute approximate surface area is 648 Å². The Hall–Kier alpha value is -9.50. The summed E-state index contributed by atoms with van der Waals surface area (Å²) in [5.74, 6) is -4.91. The van der Waals surface area contributed by atoms with Crippen molar-refractivity contribution in [3.8, 4) is 11.8 Å². The van der Waals surface area contributed by atoms with Crippen molar-refractivity contribution >= 4 is 94.1 Å². The molecule has 34 nitrogen and oxygen atoms in total. The van der Waals surface area contributed by atoms with Gasteiger partial charge in [-0.2, -0.15) is 0 Å². The summed E-state index contributed by atoms with van der Waals surface area (Å²) in [5.41, 5.74) is 12.5. The molecule has 0 heterocycles. The number of ether oxygens (including phenoxy) is 7. The van der Waals surface area contributed by atoms with Gasteiger partial charge in [-0.05, 0) is 105 Å². The molecular weight excluding hydrogens is 1450 g/mol. The number of esters is 2. The predicted octanol–water partition coefficient (Wildman–Crippen LogP) is 2.73. The molecule has 3 rings (SSSR count). The lowest BCUT2D eigenvalue weighted by molar-refractivity contribution is -0.142. The van der Waals surface area contributed by atoms with Crippen LogP contribution < -0.4 is 59.3 Å². The zero-order chi connectivity index (χ0) is 81.9. The average molecular weight is 1560 g/mol. The topological polar surface area (TPSA) is 504 Å². The third-order valence-corrected chi connectivity index (χ3v) is 17.8. The third-order valence-electron chi connectivity index (χ3n) is 17.8. The van der Waals surface area contributed by atoms with E-state index in [1.807, 2.05) is 0 Å². The molecule has 1 aliphatic carbocycles. The highest BCUT2D eigenvalue weighted by atomic mass is 16.5. The summed E-state index contributed by atoms with van der Waals surface area (Å²) in [4.78, 5) is 185. The number of ketones is 3. The Bertz CT molecular complexity index is 3160. The summed E-state index contributed by atoms with van der Waals surface area (Å²) in [5, 5.41) is 43.0. The average Bonchev–Trinajstić information content (AvgIpc) is 0.860. The third kappa shape index (κ3) is 42.5. The van der Waals surface area contributed by atoms with Crippen molar-refractivity contribution < 1.29 is 110 Å². The fourth-order valence-corrected chi connectivity index (χ4v) is 11.5. The normalized spacial score (nSPS) is 14.5. The van der Waals surface area contributed by atoms with E-state index < -0.39 is 137 Å². The summed E-state index contributed by atoms with van der Waals surface area (Å²) in [7, 11) is 2.31. The Morgan fingerprint density at radius 2 is 0.964 bits per heavy atom. The minimum Gasteiger partial charge on any atom is -0.469 e. The second kappa shape index (κ2) is 55.8. The lowest BCUT2D eigenvalue weighted by atomic mass is 9.88. The van der Waals surface area contributed by atoms with E-state index in [1.54, 1.807) is 76.2 Å². The number of rotatable bonds is 58. The number of hydrogen-bond donors (Lipinski definition) is 13. The second-order valence-corrected chi connectivity index (χ2v) is 27.5. The zero-order valence-corrected chi connectivity index (χ0v) is 64.8. The first-order chi connectivity index (χ1) is 53.1. The number of carbonyl (C=O) groups is 14. The maximum atomic E-state index is 14.2. The van der Waals surface area contributed by atoms with E-state index in [-0.39, 0.29) is 188 Å². The molecule has 1 aliphatic rings. The number of aliphatic hydroxyl groups excluding tert-OH is 2. The van der Waals surface area contributed by atoms with Crippen LogP contribution in [0.15, 0.2) is 48.5 Å². The number of carbonyl (C=O) groups excluding carboxylic acids is 14. The molecule has 0 aromatic heterocycles. The number of Topliss-reactive ketones (excluding diaryl/α,β-unsaturated/α-hetero) is 3. The van der Waals surface area contributed by atoms with E-state index in [1.165, 1.54) is 0 Å². The fourth-order valence-electron chi connectivity index (χ4n) is 11.5. The van der Waals surface area contributed by atoms with Crippen molar-refractivity contribution in [2.75, 3.05) is 104 Å². The first kappa shape index (κ1) is 95.7. The maximum Gasteiger partial charge on any atom is 0.312 e. The van der Waals surface area contributed by atoms with Crippen LogP contribution in [0.5, 0.6) is 0 Å². The number of aliphatic hydroxyl groups is 2. The summed E-state index contributed by atoms with van der Waals surface area (Å²) >= 11 is 0. The van der Waals surface area contributed by atoms with Gasteiger partial charge in [0, 0.05) is 107 Å². The molecule has 15 N–H and O–H groups in total. The van der Waals surface area contributed by atoms with Crippen LogP contribution in [0, 0.1) is 41.4 Å². The summed E-state index contributed by atoms with van der Waals surface area (Å²) in [6, 6.07) is 6.62. The summed E-state index contributed by atoms with van der Waals surface area (Å²) in [6.45, 7) is 5.93. The lowest BCUT2D eigenvalue weighted by Crippen LogP contribution is -2.53. The van der Waals surface area contributed by atoms with Crippen LogP contribution >= 0.6 is 0 Å². The van der Waals surface area contributed by atoms with Gasteiger partial charge in [-0.3, -0.25) is 57.5 Å². The van der Waals surface area contributed by atoms with Crippen molar-refractivity contribution in [1.29, 1.82) is 0 Å². The van der Waals surface area contributed by atoms with Gasteiger partial charge in [0.2, 0.25) is 41.4 Å². The van der Waals surface area contributed by atoms with Gasteiger partial charge in [-0.1, -0.05) is 64.3 Å². The van der Waals surface area contributed by atoms with Gasteiger partial charge >= 0.3 is 24.0 Å². The number of nitrogens with one attached hydrogen (secondary N) is 9. The number of anilines is 2. The van der Waals surface area contributed by atoms with Crippen LogP contribution in [-0.4, -0.2) is 217 Å². The Morgan fingerprint density at radius 3 is 1.47 bits per heavy atom. The Balaban J connectivity index is 1.73. The molecule has 618 valence electrons. The monoisotopic (exact) mass is 1560 g/mol. The highest BCUT2D eigenvalue weighted by molar-refractivity contribution is 5.99. The Morgan fingerprint density at radius 1 is 0.486 bits per heavy atom. The van der Waals surface area contributed by atoms with Gasteiger partial charge < -0.3 is 103 Å². The van der Waals surface area contributed by atoms with Gasteiger partial charge in [0.05, 0.1) is 98.4 Å². The molecule has 0 bridgehead atoms. The van der Waals surface area contributed by atoms with E-state index in [9.17, 15) is 77.3 Å². The molecule has 11 amide bonds. The van der Waals surface area contributed by atoms with Crippen LogP contribution in [0.25, 0.3) is 0 Å². The standard InChI is InChI=1S/C77H117N11O23/c1-50(2)70(63(92)43-54(14-12-33-81-76(78)103)72(99)84-57-23-18-52(45-89)19-24-57)87-74(101)56(22-28-68(97)105-5)42-60(91)30-36-109-47-59(83-65(94)31-37-107-40-41-108-39-35-80-67(96)49-111-61-16-10-8-7-9-11-17-61)48-110-38-32-66(95)86-62(27-29-69(98)106-6)75(102)88-71(51(3)4)64(93)44-55(15-13-34-82-77(79)104)73(100)85-58-25-20-53(46-90)21-26-58/h18-21,23-26,50-51,54-56,59,61-62,70-71,89-90H,7-10,12-16,22,27-49H2,1-6H3,(H,80,96)(H,83,94)(H,84,99)(H,85,100)(H,86,95)(H,87,101)(H,88,102)(H3,78,81,103)(H3,79,82,104)/t54-,55-,56-,59?,61?,62+,70+,71+/m1/s1. The quantitative estimate of drug-likeness (QED) is 0.0257. The molecule has 0 saturated heterocycles. The molecule has 2 aromatic carbocycles. The minimum atomic E-state index is -1.39. The van der Waals surface area contributed by atoms with Gasteiger partial charge in [0.1, 0.15) is 24.5 Å². The van der Waals surface area contributed by atoms with Crippen LogP contribution in [0.3, 0.4) is 0 Å². The van der Waals surface area contributed by atoms with E-state index in [2.05, 4.69) is 59.7 Å². The maximum absolute atomic E-state index is 14.2. The fraction of sp³-hybridized carbons (Fsp3) is 0.636. The van der Waals surface area contributed by atoms with Gasteiger partial charge in [-0.25, -0.2) is 9.59 Å². The highest BCUT2D eigenvalue weighted by Crippen LogP contribution is 2.24. The number of amides is 11. The van der Waals surface area contributed by atoms with Crippen molar-refractivity contribution in [3.63, 3.8) is 0 Å². The SMILES string of the molecule is COC(=O)CC[C@H](CC(=O)CCOCC(COCCC(=O)N[C@@H](CCC(=O)OC)C(=O)N[C@H](C(=O)C[C@@H](CCCNC(N)=O)C(=O)Nc1ccc(CO)cc1)C(C)C)NC(=O)CCOCCOCCNC(=O)COC1C#CCCCCC1)C(=O)N[C@H](C(=O)C[C@@H](CCCNC(N)=O)C(=O)Nc1ccc(CO)cc1)C(C)C. The van der Waals surface area contributed by atoms with E-state index in [0.29, 0.717) is 22.5 Å². The van der Waals surface area contributed by atoms with Gasteiger partial charge in [0.15, 0.2) is 11.6 Å². The smallest absolute Gasteiger partial charge is 0.312 e. The zero-order valence-electron chi connectivity index (χ0n) is 64.8. The first-order valence-corrected chi connectivity index (χ1v) is 37.8. The first-order valence-electron chi connectivity index (χ1n) is 37.8. The van der Waals surface area contributed by atoms with E-state index >= 15 is 0 Å². The molecule has 2 aromatic rings. The molecule has 0 saturated carbocycles. The van der Waals surface area contributed by atoms with Gasteiger partial charge in [0.25, 0.3) is 0 Å². The number of nitrogens with two attached hydrogens (primary N) is 2. The highest BCUT2D eigenvalue weighted by Gasteiger charge is 2.35. The molecule has 34 heteroatoms. The summed E-state index contributed by atoms with van der Waals surface area (Å²) in [6.07, 6.45) is 2.33. The van der Waals surface area contributed by atoms with Crippen LogP contribution in [0.2, 0.25) is 0 Å². The molecule has 2 unspecified atom stereocenters. The van der Waals surface area contributed by atoms with Crippen molar-refractivity contribution in [2.45, 2.75) is 193 Å². The molecule has 0 radical (unpaired) electrons. The number of urea groups is 2. The van der Waals surface area contributed by atoms with Crippen molar-refractivity contribution in [1.82, 2.24) is 37.2 Å². The lowest BCUT2D eigenvalue weighted by Gasteiger charge is -2.26. The van der Waals surface area contributed by atoms with E-state index in [0.717, 1.165) is 46.3 Å². The molecular formula is C77H117N11O23. The molecule has 111 heavy (non-hydrogen) atoms. The van der Waals surface area contributed by atoms with E-state index in [4.69, 9.17) is 44.6 Å². The predicted molar refractivity (Wildman–Crippen MR) is 406 cm³/mol. The summed E-state index contributed by atoms with van der Waals surface area (Å²) < 4.78 is 38.3.